The average Bonchev–Trinajstić information content (AvgIpc) is 2.88. The lowest BCUT2D eigenvalue weighted by molar-refractivity contribution is 0.521. The van der Waals surface area contributed by atoms with Crippen LogP contribution in [0.1, 0.15) is 43.9 Å². The van der Waals surface area contributed by atoms with Gasteiger partial charge in [-0.25, -0.2) is 0 Å². The first-order valence-electron chi connectivity index (χ1n) is 11.3. The van der Waals surface area contributed by atoms with Crippen molar-refractivity contribution in [3.63, 3.8) is 0 Å². The average molecular weight is 416 g/mol. The Labute approximate surface area is 191 Å². The highest BCUT2D eigenvalue weighted by Gasteiger charge is 2.28. The molecule has 1 heteroatoms. The smallest absolute Gasteiger partial charge is 0.0660 e. The van der Waals surface area contributed by atoms with Crippen molar-refractivity contribution in [3.05, 3.63) is 124 Å². The first-order chi connectivity index (χ1) is 15.4. The standard InChI is InChI=1S/C31H29N/c1-22-18-28(19-26-12-8-9-13-30(26)31(22,2)3)32(4)29-20-27(21-29)25-16-14-24(15-17-25)23-10-6-5-7-11-23/h5-19H,20H2,1-4H3. The summed E-state index contributed by atoms with van der Waals surface area (Å²) in [6, 6.07) is 28.1. The molecule has 3 aromatic rings. The van der Waals surface area contributed by atoms with Crippen LogP contribution in [0, 0.1) is 0 Å². The second-order valence-corrected chi connectivity index (χ2v) is 9.34. The van der Waals surface area contributed by atoms with Gasteiger partial charge >= 0.3 is 0 Å². The van der Waals surface area contributed by atoms with Crippen molar-refractivity contribution < 1.29 is 0 Å². The predicted octanol–water partition coefficient (Wildman–Crippen LogP) is 7.83. The highest BCUT2D eigenvalue weighted by atomic mass is 15.1. The van der Waals surface area contributed by atoms with E-state index in [2.05, 4.69) is 129 Å². The molecule has 0 bridgehead atoms. The van der Waals surface area contributed by atoms with Gasteiger partial charge in [0.1, 0.15) is 0 Å². The van der Waals surface area contributed by atoms with E-state index in [9.17, 15) is 0 Å². The molecule has 0 aromatic heterocycles. The van der Waals surface area contributed by atoms with E-state index in [1.54, 1.807) is 0 Å². The van der Waals surface area contributed by atoms with Crippen LogP contribution in [-0.2, 0) is 5.41 Å². The fraction of sp³-hybridized carbons (Fsp3) is 0.194. The third kappa shape index (κ3) is 3.55. The van der Waals surface area contributed by atoms with E-state index in [1.165, 1.54) is 50.4 Å². The fourth-order valence-corrected chi connectivity index (χ4v) is 4.55. The summed E-state index contributed by atoms with van der Waals surface area (Å²) in [5, 5.41) is 0. The number of likely N-dealkylation sites (N-methyl/N-ethyl adjacent to an activating group) is 1. The van der Waals surface area contributed by atoms with Crippen LogP contribution in [0.15, 0.2) is 108 Å². The van der Waals surface area contributed by atoms with E-state index in [1.807, 2.05) is 0 Å². The molecule has 0 amide bonds. The van der Waals surface area contributed by atoms with Gasteiger partial charge in [-0.15, -0.1) is 0 Å². The zero-order valence-corrected chi connectivity index (χ0v) is 19.3. The molecule has 0 atom stereocenters. The molecule has 0 radical (unpaired) electrons. The number of allylic oxidation sites excluding steroid dienone is 2. The molecule has 5 rings (SSSR count). The van der Waals surface area contributed by atoms with Gasteiger partial charge in [-0.3, -0.25) is 0 Å². The summed E-state index contributed by atoms with van der Waals surface area (Å²) in [5.41, 5.74) is 15.2. The van der Waals surface area contributed by atoms with Gasteiger partial charge in [0.25, 0.3) is 0 Å². The lowest BCUT2D eigenvalue weighted by atomic mass is 9.77. The van der Waals surface area contributed by atoms with Crippen LogP contribution in [0.4, 0.5) is 0 Å². The number of benzene rings is 3. The van der Waals surface area contributed by atoms with Gasteiger partial charge in [0.2, 0.25) is 0 Å². The SMILES string of the molecule is CC1=CC(N(C)C2=C=C(c3ccc(-c4ccccc4)cc3)C2)=Cc2ccccc2C1(C)C. The Morgan fingerprint density at radius 1 is 0.750 bits per heavy atom. The van der Waals surface area contributed by atoms with E-state index < -0.39 is 0 Å². The molecule has 0 saturated carbocycles. The van der Waals surface area contributed by atoms with Crippen LogP contribution in [0.5, 0.6) is 0 Å². The monoisotopic (exact) mass is 415 g/mol. The third-order valence-corrected chi connectivity index (χ3v) is 7.06. The first-order valence-corrected chi connectivity index (χ1v) is 11.3. The molecular formula is C31H29N. The second kappa shape index (κ2) is 7.86. The summed E-state index contributed by atoms with van der Waals surface area (Å²) in [6.07, 6.45) is 5.59. The highest BCUT2D eigenvalue weighted by Crippen LogP contribution is 2.40. The van der Waals surface area contributed by atoms with Gasteiger partial charge in [0.15, 0.2) is 0 Å². The van der Waals surface area contributed by atoms with Crippen LogP contribution < -0.4 is 0 Å². The Hall–Kier alpha value is -3.54. The van der Waals surface area contributed by atoms with Crippen molar-refractivity contribution in [3.8, 4) is 11.1 Å². The van der Waals surface area contributed by atoms with Crippen molar-refractivity contribution in [1.29, 1.82) is 0 Å². The second-order valence-electron chi connectivity index (χ2n) is 9.34. The summed E-state index contributed by atoms with van der Waals surface area (Å²) in [5.74, 6) is 0. The van der Waals surface area contributed by atoms with Crippen LogP contribution in [0.2, 0.25) is 0 Å². The largest absolute Gasteiger partial charge is 0.341 e. The molecule has 0 spiro atoms. The van der Waals surface area contributed by atoms with Gasteiger partial charge in [-0.2, -0.15) is 0 Å². The van der Waals surface area contributed by atoms with Crippen LogP contribution in [0.3, 0.4) is 0 Å². The molecule has 2 aliphatic carbocycles. The molecule has 32 heavy (non-hydrogen) atoms. The molecule has 0 fully saturated rings. The topological polar surface area (TPSA) is 3.24 Å². The molecule has 0 aliphatic heterocycles. The number of nitrogens with zero attached hydrogens (tertiary/aromatic N) is 1. The van der Waals surface area contributed by atoms with Crippen molar-refractivity contribution >= 4 is 11.6 Å². The Balaban J connectivity index is 1.44. The first kappa shape index (κ1) is 20.4. The third-order valence-electron chi connectivity index (χ3n) is 7.06. The quantitative estimate of drug-likeness (QED) is 0.392. The zero-order valence-electron chi connectivity index (χ0n) is 19.3. The summed E-state index contributed by atoms with van der Waals surface area (Å²) in [6.45, 7) is 6.87. The lowest BCUT2D eigenvalue weighted by Crippen LogP contribution is -2.21. The maximum atomic E-state index is 3.62. The Morgan fingerprint density at radius 3 is 2.06 bits per heavy atom. The minimum Gasteiger partial charge on any atom is -0.341 e. The number of rotatable bonds is 4. The van der Waals surface area contributed by atoms with Gasteiger partial charge < -0.3 is 4.90 Å². The van der Waals surface area contributed by atoms with Crippen molar-refractivity contribution in [2.24, 2.45) is 0 Å². The predicted molar refractivity (Wildman–Crippen MR) is 136 cm³/mol. The minimum absolute atomic E-state index is 0.0190. The maximum Gasteiger partial charge on any atom is 0.0660 e. The number of fused-ring (bicyclic) bond motifs is 1. The summed E-state index contributed by atoms with van der Waals surface area (Å²) >= 11 is 0. The van der Waals surface area contributed by atoms with E-state index >= 15 is 0 Å². The molecule has 0 saturated heterocycles. The molecule has 2 aliphatic rings. The van der Waals surface area contributed by atoms with Gasteiger partial charge in [0, 0.05) is 30.2 Å². The molecule has 158 valence electrons. The molecule has 0 heterocycles. The van der Waals surface area contributed by atoms with E-state index in [-0.39, 0.29) is 5.41 Å². The summed E-state index contributed by atoms with van der Waals surface area (Å²) in [7, 11) is 2.16. The summed E-state index contributed by atoms with van der Waals surface area (Å²) in [4.78, 5) is 2.30. The molecule has 1 nitrogen and oxygen atoms in total. The Morgan fingerprint density at radius 2 is 1.34 bits per heavy atom. The van der Waals surface area contributed by atoms with E-state index in [4.69, 9.17) is 0 Å². The lowest BCUT2D eigenvalue weighted by Gasteiger charge is -2.29. The van der Waals surface area contributed by atoms with Crippen molar-refractivity contribution in [2.45, 2.75) is 32.6 Å². The van der Waals surface area contributed by atoms with Crippen molar-refractivity contribution in [1.82, 2.24) is 4.90 Å². The summed E-state index contributed by atoms with van der Waals surface area (Å²) < 4.78 is 0. The van der Waals surface area contributed by atoms with Crippen LogP contribution >= 0.6 is 0 Å². The fourth-order valence-electron chi connectivity index (χ4n) is 4.55. The molecule has 0 unspecified atom stereocenters. The molecule has 0 N–H and O–H groups in total. The maximum absolute atomic E-state index is 3.62. The Kier molecular flexibility index (Phi) is 5.00. The number of hydrogen-bond acceptors (Lipinski definition) is 1. The zero-order chi connectivity index (χ0) is 22.3. The molecule has 3 aromatic carbocycles. The highest BCUT2D eigenvalue weighted by molar-refractivity contribution is 5.75. The van der Waals surface area contributed by atoms with Gasteiger partial charge in [-0.05, 0) is 46.9 Å². The van der Waals surface area contributed by atoms with Crippen LogP contribution in [0.25, 0.3) is 22.8 Å². The Bertz CT molecular complexity index is 1290. The minimum atomic E-state index is 0.0190. The normalized spacial score (nSPS) is 16.5. The van der Waals surface area contributed by atoms with E-state index in [0.29, 0.717) is 0 Å². The van der Waals surface area contributed by atoms with Gasteiger partial charge in [0.05, 0.1) is 5.70 Å². The number of hydrogen-bond donors (Lipinski definition) is 0. The van der Waals surface area contributed by atoms with Crippen LogP contribution in [-0.4, -0.2) is 11.9 Å². The van der Waals surface area contributed by atoms with E-state index in [0.717, 1.165) is 6.42 Å². The molecular weight excluding hydrogens is 386 g/mol. The van der Waals surface area contributed by atoms with Gasteiger partial charge in [-0.1, -0.05) is 104 Å². The van der Waals surface area contributed by atoms with Crippen molar-refractivity contribution in [2.75, 3.05) is 7.05 Å².